The molecule has 0 radical (unpaired) electrons. The Labute approximate surface area is 594 Å². The molecule has 0 saturated heterocycles. The average molecular weight is 1420 g/mol. The third kappa shape index (κ3) is 72.2. The zero-order chi connectivity index (χ0) is 71.2. The summed E-state index contributed by atoms with van der Waals surface area (Å²) in [5.74, 6) is -1.45. The SMILES string of the molecule is CCCCCCCCCCCCCCCCCCCCCCC(=O)OC[C@H](COP(=O)(O)OC[C@@H](O)COP(=O)(O)OC[C@@H](COC(=O)CCCCCCCCCC)OC(=O)CCCCCCCCC(C)C)OC(=O)CCCCCCCCCCCCCCCCCCCCCC. The van der Waals surface area contributed by atoms with Gasteiger partial charge in [-0.05, 0) is 31.6 Å². The summed E-state index contributed by atoms with van der Waals surface area (Å²) in [5.41, 5.74) is 0. The molecular weight excluding hydrogens is 1270 g/mol. The molecule has 0 bridgehead atoms. The van der Waals surface area contributed by atoms with Crippen molar-refractivity contribution in [3.63, 3.8) is 0 Å². The topological polar surface area (TPSA) is 237 Å². The van der Waals surface area contributed by atoms with Crippen LogP contribution in [-0.2, 0) is 65.4 Å². The number of hydrogen-bond acceptors (Lipinski definition) is 15. The predicted molar refractivity (Wildman–Crippen MR) is 395 cm³/mol. The maximum atomic E-state index is 13.1. The highest BCUT2D eigenvalue weighted by molar-refractivity contribution is 7.47. The number of phosphoric ester groups is 2. The summed E-state index contributed by atoms with van der Waals surface area (Å²) >= 11 is 0. The van der Waals surface area contributed by atoms with E-state index in [1.165, 1.54) is 231 Å². The largest absolute Gasteiger partial charge is 0.472 e. The number of hydrogen-bond donors (Lipinski definition) is 3. The van der Waals surface area contributed by atoms with Crippen LogP contribution in [0.2, 0.25) is 0 Å². The Hall–Kier alpha value is -1.94. The average Bonchev–Trinajstić information content (AvgIpc) is 1.51. The van der Waals surface area contributed by atoms with Crippen molar-refractivity contribution in [1.29, 1.82) is 0 Å². The second-order valence-corrected chi connectivity index (χ2v) is 31.5. The quantitative estimate of drug-likeness (QED) is 0.0222. The van der Waals surface area contributed by atoms with E-state index in [0.717, 1.165) is 96.3 Å². The first-order valence-corrected chi connectivity index (χ1v) is 43.6. The van der Waals surface area contributed by atoms with Crippen molar-refractivity contribution in [2.24, 2.45) is 5.92 Å². The van der Waals surface area contributed by atoms with Gasteiger partial charge in [0.1, 0.15) is 19.3 Å². The molecule has 0 fully saturated rings. The normalized spacial score (nSPS) is 13.9. The molecule has 3 N–H and O–H groups in total. The van der Waals surface area contributed by atoms with Gasteiger partial charge >= 0.3 is 39.5 Å². The van der Waals surface area contributed by atoms with Crippen LogP contribution in [0.4, 0.5) is 0 Å². The van der Waals surface area contributed by atoms with E-state index < -0.39 is 97.5 Å². The molecule has 576 valence electrons. The Morgan fingerprint density at radius 2 is 0.474 bits per heavy atom. The van der Waals surface area contributed by atoms with Crippen LogP contribution in [0.5, 0.6) is 0 Å². The van der Waals surface area contributed by atoms with Crippen molar-refractivity contribution in [3.8, 4) is 0 Å². The second kappa shape index (κ2) is 71.1. The second-order valence-electron chi connectivity index (χ2n) is 28.6. The molecule has 0 saturated carbocycles. The van der Waals surface area contributed by atoms with Crippen LogP contribution in [0.15, 0.2) is 0 Å². The van der Waals surface area contributed by atoms with E-state index in [2.05, 4.69) is 34.6 Å². The minimum absolute atomic E-state index is 0.102. The van der Waals surface area contributed by atoms with Gasteiger partial charge in [-0.25, -0.2) is 9.13 Å². The molecule has 0 aliphatic carbocycles. The van der Waals surface area contributed by atoms with Gasteiger partial charge in [0.15, 0.2) is 12.2 Å². The Bertz CT molecular complexity index is 1860. The van der Waals surface area contributed by atoms with E-state index in [0.29, 0.717) is 31.6 Å². The third-order valence-corrected chi connectivity index (χ3v) is 20.2. The molecule has 0 spiro atoms. The first-order chi connectivity index (χ1) is 47.0. The zero-order valence-electron chi connectivity index (χ0n) is 63.2. The number of phosphoric acid groups is 2. The van der Waals surface area contributed by atoms with Gasteiger partial charge in [0.25, 0.3) is 0 Å². The minimum atomic E-state index is -4.96. The molecule has 0 amide bonds. The van der Waals surface area contributed by atoms with Gasteiger partial charge in [0.05, 0.1) is 26.4 Å². The summed E-state index contributed by atoms with van der Waals surface area (Å²) in [7, 11) is -9.91. The molecule has 0 aromatic heterocycles. The van der Waals surface area contributed by atoms with Gasteiger partial charge in [-0.15, -0.1) is 0 Å². The van der Waals surface area contributed by atoms with E-state index >= 15 is 0 Å². The number of carbonyl (C=O) groups is 4. The third-order valence-electron chi connectivity index (χ3n) is 18.3. The Balaban J connectivity index is 5.14. The van der Waals surface area contributed by atoms with Gasteiger partial charge in [0, 0.05) is 25.7 Å². The summed E-state index contributed by atoms with van der Waals surface area (Å²) in [6.07, 6.45) is 61.6. The van der Waals surface area contributed by atoms with Crippen LogP contribution in [0.25, 0.3) is 0 Å². The van der Waals surface area contributed by atoms with Crippen molar-refractivity contribution in [1.82, 2.24) is 0 Å². The minimum Gasteiger partial charge on any atom is -0.462 e. The van der Waals surface area contributed by atoms with Crippen LogP contribution in [0.3, 0.4) is 0 Å². The smallest absolute Gasteiger partial charge is 0.462 e. The summed E-state index contributed by atoms with van der Waals surface area (Å²) in [6.45, 7) is 7.18. The Morgan fingerprint density at radius 3 is 0.701 bits per heavy atom. The maximum Gasteiger partial charge on any atom is 0.472 e. The van der Waals surface area contributed by atoms with Crippen LogP contribution in [0, 0.1) is 5.92 Å². The summed E-state index contributed by atoms with van der Waals surface area (Å²) in [5, 5.41) is 10.6. The van der Waals surface area contributed by atoms with E-state index in [1.54, 1.807) is 0 Å². The molecule has 19 heteroatoms. The van der Waals surface area contributed by atoms with Crippen LogP contribution in [0.1, 0.15) is 413 Å². The summed E-state index contributed by atoms with van der Waals surface area (Å²) < 4.78 is 68.4. The molecule has 0 aromatic rings. The standard InChI is InChI=1S/C78H152O17P2/c1-6-9-12-15-18-21-23-25-27-29-31-33-35-37-39-41-43-46-52-57-62-76(81)89-67-73(94-77(82)63-58-53-47-44-42-40-38-36-34-32-30-28-26-24-22-19-16-13-10-7-2)69-92-96(84,85)90-65-72(79)66-91-97(86,87)93-70-74(68-88-75(80)61-56-51-45-20-17-14-11-8-3)95-78(83)64-59-54-49-48-50-55-60-71(4)5/h71-74,79H,6-70H2,1-5H3,(H,84,85)(H,86,87)/t72-,73-,74-/m1/s1. The molecule has 0 heterocycles. The predicted octanol–water partition coefficient (Wildman–Crippen LogP) is 23.3. The molecule has 0 aliphatic heterocycles. The summed E-state index contributed by atoms with van der Waals surface area (Å²) in [4.78, 5) is 72.7. The van der Waals surface area contributed by atoms with E-state index in [-0.39, 0.29) is 25.7 Å². The zero-order valence-corrected chi connectivity index (χ0v) is 65.0. The number of esters is 4. The van der Waals surface area contributed by atoms with Crippen LogP contribution >= 0.6 is 15.6 Å². The van der Waals surface area contributed by atoms with Gasteiger partial charge in [-0.1, -0.05) is 362 Å². The highest BCUT2D eigenvalue weighted by Gasteiger charge is 2.30. The van der Waals surface area contributed by atoms with Gasteiger partial charge in [0.2, 0.25) is 0 Å². The lowest BCUT2D eigenvalue weighted by atomic mass is 10.0. The fourth-order valence-electron chi connectivity index (χ4n) is 12.1. The maximum absolute atomic E-state index is 13.1. The molecule has 0 aliphatic rings. The first-order valence-electron chi connectivity index (χ1n) is 40.6. The molecule has 0 aromatic carbocycles. The molecule has 97 heavy (non-hydrogen) atoms. The van der Waals surface area contributed by atoms with Crippen molar-refractivity contribution < 1.29 is 80.2 Å². The van der Waals surface area contributed by atoms with Gasteiger partial charge < -0.3 is 33.8 Å². The van der Waals surface area contributed by atoms with Gasteiger partial charge in [-0.2, -0.15) is 0 Å². The highest BCUT2D eigenvalue weighted by atomic mass is 31.2. The van der Waals surface area contributed by atoms with Crippen molar-refractivity contribution in [3.05, 3.63) is 0 Å². The number of carbonyl (C=O) groups excluding carboxylic acids is 4. The lowest BCUT2D eigenvalue weighted by Crippen LogP contribution is -2.30. The van der Waals surface area contributed by atoms with E-state index in [4.69, 9.17) is 37.0 Å². The monoisotopic (exact) mass is 1420 g/mol. The molecule has 2 unspecified atom stereocenters. The van der Waals surface area contributed by atoms with Crippen LogP contribution in [-0.4, -0.2) is 96.7 Å². The van der Waals surface area contributed by atoms with Crippen LogP contribution < -0.4 is 0 Å². The van der Waals surface area contributed by atoms with E-state index in [9.17, 15) is 43.2 Å². The fraction of sp³-hybridized carbons (Fsp3) is 0.949. The number of unbranched alkanes of at least 4 members (excludes halogenated alkanes) is 50. The Kier molecular flexibility index (Phi) is 69.6. The first kappa shape index (κ1) is 95.1. The van der Waals surface area contributed by atoms with E-state index in [1.807, 2.05) is 0 Å². The molecular formula is C78H152O17P2. The molecule has 5 atom stereocenters. The molecule has 0 rings (SSSR count). The van der Waals surface area contributed by atoms with Gasteiger partial charge in [-0.3, -0.25) is 37.3 Å². The highest BCUT2D eigenvalue weighted by Crippen LogP contribution is 2.45. The Morgan fingerprint density at radius 1 is 0.278 bits per heavy atom. The lowest BCUT2D eigenvalue weighted by Gasteiger charge is -2.21. The lowest BCUT2D eigenvalue weighted by molar-refractivity contribution is -0.161. The summed E-state index contributed by atoms with van der Waals surface area (Å²) in [6, 6.07) is 0. The van der Waals surface area contributed by atoms with Crippen molar-refractivity contribution in [2.75, 3.05) is 39.6 Å². The number of aliphatic hydroxyl groups excluding tert-OH is 1. The number of aliphatic hydroxyl groups is 1. The van der Waals surface area contributed by atoms with Crippen molar-refractivity contribution in [2.45, 2.75) is 432 Å². The van der Waals surface area contributed by atoms with Crippen molar-refractivity contribution >= 4 is 39.5 Å². The molecule has 17 nitrogen and oxygen atoms in total. The fourth-order valence-corrected chi connectivity index (χ4v) is 13.6. The number of rotatable bonds is 78. The number of ether oxygens (including phenoxy) is 4.